The molecule has 0 aromatic carbocycles. The van der Waals surface area contributed by atoms with Crippen molar-refractivity contribution in [3.63, 3.8) is 0 Å². The second-order valence-electron chi connectivity index (χ2n) is 3.93. The molecule has 2 unspecified atom stereocenters. The minimum Gasteiger partial charge on any atom is -0.466 e. The molecule has 76 valence electrons. The zero-order valence-electron chi connectivity index (χ0n) is 8.63. The maximum Gasteiger partial charge on any atom is 0.309 e. The summed E-state index contributed by atoms with van der Waals surface area (Å²) in [6.07, 6.45) is 0.951. The van der Waals surface area contributed by atoms with Crippen molar-refractivity contribution in [2.24, 2.45) is 11.3 Å². The lowest BCUT2D eigenvalue weighted by molar-refractivity contribution is -0.151. The average Bonchev–Trinajstić information content (AvgIpc) is 2.52. The van der Waals surface area contributed by atoms with E-state index in [-0.39, 0.29) is 17.3 Å². The predicted molar refractivity (Wildman–Crippen MR) is 49.3 cm³/mol. The Balaban J connectivity index is 2.54. The molecule has 1 fully saturated rings. The standard InChI is InChI=1S/C10H18O3/c1-4-13-9(11)8(2)10(3)5-6-12-7-10/h8H,4-7H2,1-3H3. The van der Waals surface area contributed by atoms with Crippen LogP contribution in [0.5, 0.6) is 0 Å². The van der Waals surface area contributed by atoms with E-state index in [4.69, 9.17) is 9.47 Å². The van der Waals surface area contributed by atoms with Gasteiger partial charge in [-0.25, -0.2) is 0 Å². The molecule has 0 saturated carbocycles. The van der Waals surface area contributed by atoms with Gasteiger partial charge in [-0.05, 0) is 13.3 Å². The van der Waals surface area contributed by atoms with Gasteiger partial charge in [0.1, 0.15) is 0 Å². The van der Waals surface area contributed by atoms with Crippen LogP contribution in [0.4, 0.5) is 0 Å². The summed E-state index contributed by atoms with van der Waals surface area (Å²) >= 11 is 0. The SMILES string of the molecule is CCOC(=O)C(C)C1(C)CCOC1. The molecule has 1 saturated heterocycles. The highest BCUT2D eigenvalue weighted by Crippen LogP contribution is 2.36. The second kappa shape index (κ2) is 4.09. The Bertz CT molecular complexity index is 183. The first-order chi connectivity index (χ1) is 6.10. The highest BCUT2D eigenvalue weighted by Gasteiger charge is 2.39. The molecule has 0 radical (unpaired) electrons. The molecule has 1 aliphatic rings. The third kappa shape index (κ3) is 2.21. The maximum absolute atomic E-state index is 11.5. The third-order valence-corrected chi connectivity index (χ3v) is 2.93. The summed E-state index contributed by atoms with van der Waals surface area (Å²) < 4.78 is 10.3. The highest BCUT2D eigenvalue weighted by molar-refractivity contribution is 5.73. The van der Waals surface area contributed by atoms with Gasteiger partial charge in [-0.2, -0.15) is 0 Å². The van der Waals surface area contributed by atoms with Gasteiger partial charge in [-0.3, -0.25) is 4.79 Å². The van der Waals surface area contributed by atoms with Crippen molar-refractivity contribution in [3.8, 4) is 0 Å². The monoisotopic (exact) mass is 186 g/mol. The summed E-state index contributed by atoms with van der Waals surface area (Å²) in [5.74, 6) is -0.162. The second-order valence-corrected chi connectivity index (χ2v) is 3.93. The summed E-state index contributed by atoms with van der Waals surface area (Å²) in [4.78, 5) is 11.5. The molecule has 0 spiro atoms. The van der Waals surface area contributed by atoms with E-state index in [1.54, 1.807) is 0 Å². The lowest BCUT2D eigenvalue weighted by Gasteiger charge is -2.27. The van der Waals surface area contributed by atoms with Crippen LogP contribution < -0.4 is 0 Å². The van der Waals surface area contributed by atoms with Gasteiger partial charge >= 0.3 is 5.97 Å². The molecule has 3 heteroatoms. The molecule has 0 aromatic rings. The van der Waals surface area contributed by atoms with E-state index in [1.807, 2.05) is 13.8 Å². The first-order valence-corrected chi connectivity index (χ1v) is 4.84. The molecule has 1 aliphatic heterocycles. The molecular weight excluding hydrogens is 168 g/mol. The summed E-state index contributed by atoms with van der Waals surface area (Å²) in [7, 11) is 0. The van der Waals surface area contributed by atoms with E-state index in [0.717, 1.165) is 13.0 Å². The molecule has 1 rings (SSSR count). The fourth-order valence-corrected chi connectivity index (χ4v) is 1.58. The lowest BCUT2D eigenvalue weighted by atomic mass is 9.77. The predicted octanol–water partition coefficient (Wildman–Crippen LogP) is 1.61. The van der Waals surface area contributed by atoms with Crippen molar-refractivity contribution >= 4 is 5.97 Å². The van der Waals surface area contributed by atoms with Crippen LogP contribution in [0.3, 0.4) is 0 Å². The Morgan fingerprint density at radius 2 is 2.38 bits per heavy atom. The van der Waals surface area contributed by atoms with Crippen LogP contribution in [0.2, 0.25) is 0 Å². The van der Waals surface area contributed by atoms with Crippen LogP contribution in [0.25, 0.3) is 0 Å². The van der Waals surface area contributed by atoms with Gasteiger partial charge in [0.15, 0.2) is 0 Å². The van der Waals surface area contributed by atoms with Crippen LogP contribution in [0, 0.1) is 11.3 Å². The van der Waals surface area contributed by atoms with E-state index in [0.29, 0.717) is 13.2 Å². The topological polar surface area (TPSA) is 35.5 Å². The highest BCUT2D eigenvalue weighted by atomic mass is 16.5. The number of carbonyl (C=O) groups excluding carboxylic acids is 1. The number of hydrogen-bond acceptors (Lipinski definition) is 3. The van der Waals surface area contributed by atoms with Crippen LogP contribution in [-0.2, 0) is 14.3 Å². The Kier molecular flexibility index (Phi) is 3.31. The molecule has 0 aliphatic carbocycles. The molecule has 2 atom stereocenters. The van der Waals surface area contributed by atoms with Crippen molar-refractivity contribution in [2.75, 3.05) is 19.8 Å². The van der Waals surface area contributed by atoms with Gasteiger partial charge < -0.3 is 9.47 Å². The average molecular weight is 186 g/mol. The van der Waals surface area contributed by atoms with Gasteiger partial charge in [-0.1, -0.05) is 13.8 Å². The van der Waals surface area contributed by atoms with Crippen molar-refractivity contribution in [1.82, 2.24) is 0 Å². The van der Waals surface area contributed by atoms with Gasteiger partial charge in [0, 0.05) is 12.0 Å². The van der Waals surface area contributed by atoms with E-state index in [1.165, 1.54) is 0 Å². The van der Waals surface area contributed by atoms with E-state index in [9.17, 15) is 4.79 Å². The number of rotatable bonds is 3. The molecule has 0 N–H and O–H groups in total. The van der Waals surface area contributed by atoms with Crippen LogP contribution in [0.1, 0.15) is 27.2 Å². The van der Waals surface area contributed by atoms with Gasteiger partial charge in [-0.15, -0.1) is 0 Å². The van der Waals surface area contributed by atoms with Crippen LogP contribution in [-0.4, -0.2) is 25.8 Å². The van der Waals surface area contributed by atoms with E-state index < -0.39 is 0 Å². The number of hydrogen-bond donors (Lipinski definition) is 0. The molecule has 0 amide bonds. The third-order valence-electron chi connectivity index (χ3n) is 2.93. The van der Waals surface area contributed by atoms with Crippen molar-refractivity contribution in [2.45, 2.75) is 27.2 Å². The molecule has 0 bridgehead atoms. The Hall–Kier alpha value is -0.570. The normalized spacial score (nSPS) is 30.1. The first-order valence-electron chi connectivity index (χ1n) is 4.84. The lowest BCUT2D eigenvalue weighted by Crippen LogP contribution is -2.33. The van der Waals surface area contributed by atoms with E-state index in [2.05, 4.69) is 6.92 Å². The summed E-state index contributed by atoms with van der Waals surface area (Å²) in [5.41, 5.74) is -0.0216. The number of carbonyl (C=O) groups is 1. The largest absolute Gasteiger partial charge is 0.466 e. The fraction of sp³-hybridized carbons (Fsp3) is 0.900. The molecule has 0 aromatic heterocycles. The fourth-order valence-electron chi connectivity index (χ4n) is 1.58. The quantitative estimate of drug-likeness (QED) is 0.628. The van der Waals surface area contributed by atoms with Crippen LogP contribution >= 0.6 is 0 Å². The van der Waals surface area contributed by atoms with Crippen molar-refractivity contribution in [3.05, 3.63) is 0 Å². The number of ether oxygens (including phenoxy) is 2. The summed E-state index contributed by atoms with van der Waals surface area (Å²) in [6, 6.07) is 0. The Labute approximate surface area is 79.4 Å². The van der Waals surface area contributed by atoms with E-state index >= 15 is 0 Å². The molecular formula is C10H18O3. The van der Waals surface area contributed by atoms with Crippen molar-refractivity contribution < 1.29 is 14.3 Å². The summed E-state index contributed by atoms with van der Waals surface area (Å²) in [6.45, 7) is 7.74. The Morgan fingerprint density at radius 3 is 2.85 bits per heavy atom. The summed E-state index contributed by atoms with van der Waals surface area (Å²) in [5, 5.41) is 0. The molecule has 13 heavy (non-hydrogen) atoms. The molecule has 3 nitrogen and oxygen atoms in total. The van der Waals surface area contributed by atoms with Crippen LogP contribution in [0.15, 0.2) is 0 Å². The van der Waals surface area contributed by atoms with Gasteiger partial charge in [0.2, 0.25) is 0 Å². The first kappa shape index (κ1) is 10.5. The number of esters is 1. The maximum atomic E-state index is 11.5. The zero-order chi connectivity index (χ0) is 9.90. The minimum absolute atomic E-state index is 0.0216. The molecule has 1 heterocycles. The van der Waals surface area contributed by atoms with Gasteiger partial charge in [0.25, 0.3) is 0 Å². The van der Waals surface area contributed by atoms with Crippen molar-refractivity contribution in [1.29, 1.82) is 0 Å². The minimum atomic E-state index is -0.101. The Morgan fingerprint density at radius 1 is 1.69 bits per heavy atom. The van der Waals surface area contributed by atoms with Gasteiger partial charge in [0.05, 0.1) is 19.1 Å². The zero-order valence-corrected chi connectivity index (χ0v) is 8.63. The smallest absolute Gasteiger partial charge is 0.309 e.